The molecule has 2 rings (SSSR count). The van der Waals surface area contributed by atoms with Gasteiger partial charge in [-0.1, -0.05) is 12.1 Å². The average Bonchev–Trinajstić information content (AvgIpc) is 2.61. The summed E-state index contributed by atoms with van der Waals surface area (Å²) in [5, 5.41) is 19.3. The molecule has 150 valence electrons. The molecule has 0 spiro atoms. The molecule has 1 aromatic carbocycles. The molecule has 4 nitrogen and oxygen atoms in total. The molecule has 0 aliphatic rings. The Morgan fingerprint density at radius 1 is 1.14 bits per heavy atom. The van der Waals surface area contributed by atoms with Gasteiger partial charge >= 0.3 is 37.3 Å². The molecule has 0 fully saturated rings. The van der Waals surface area contributed by atoms with Crippen molar-refractivity contribution in [3.05, 3.63) is 55.4 Å². The minimum atomic E-state index is -4.28. The van der Waals surface area contributed by atoms with E-state index in [9.17, 15) is 23.7 Å². The van der Waals surface area contributed by atoms with Crippen molar-refractivity contribution in [1.29, 1.82) is 10.5 Å². The first kappa shape index (κ1) is 27.3. The number of halogens is 3. The molecule has 2 aromatic rings. The van der Waals surface area contributed by atoms with Gasteiger partial charge in [0.05, 0.1) is 23.2 Å². The number of nitrogens with zero attached hydrogens (tertiary/aromatic N) is 3. The maximum Gasteiger partial charge on any atom is 2.00 e. The Labute approximate surface area is 196 Å². The van der Waals surface area contributed by atoms with Gasteiger partial charge in [-0.15, -0.1) is 11.8 Å². The van der Waals surface area contributed by atoms with Crippen LogP contribution in [0.1, 0.15) is 23.2 Å². The Balaban J connectivity index is 0.00000392. The summed E-state index contributed by atoms with van der Waals surface area (Å²) in [5.41, 5.74) is 1.62. The standard InChI is InChI=1S/C19H15F3N3OS.CH3.U/c1-3-26-14-6-4-13(5-7-14)17-15(10-23)12(2)25-18(16(17)11-24)27-9-8-19(20,21)22;;/h4-7H,1,3,8-9H2,2H3;1H3;/q2*-1;+2. The van der Waals surface area contributed by atoms with Crippen molar-refractivity contribution in [3.63, 3.8) is 0 Å². The van der Waals surface area contributed by atoms with Crippen LogP contribution >= 0.6 is 11.8 Å². The molecular weight excluding hydrogens is 625 g/mol. The zero-order valence-electron chi connectivity index (χ0n) is 15.9. The van der Waals surface area contributed by atoms with Crippen molar-refractivity contribution in [2.45, 2.75) is 24.5 Å². The maximum absolute atomic E-state index is 12.4. The number of pyridine rings is 1. The summed E-state index contributed by atoms with van der Waals surface area (Å²) in [4.78, 5) is 4.19. The van der Waals surface area contributed by atoms with Crippen LogP contribution in [0.15, 0.2) is 29.3 Å². The Morgan fingerprint density at radius 3 is 2.21 bits per heavy atom. The molecule has 1 heterocycles. The van der Waals surface area contributed by atoms with Gasteiger partial charge in [0.2, 0.25) is 0 Å². The molecule has 0 N–H and O–H groups in total. The largest absolute Gasteiger partial charge is 2.00 e. The van der Waals surface area contributed by atoms with E-state index in [0.717, 1.165) is 11.8 Å². The van der Waals surface area contributed by atoms with Crippen molar-refractivity contribution in [2.24, 2.45) is 0 Å². The molecule has 0 atom stereocenters. The first-order valence-electron chi connectivity index (χ1n) is 7.87. The third-order valence-corrected chi connectivity index (χ3v) is 4.58. The molecule has 0 saturated carbocycles. The second kappa shape index (κ2) is 12.1. The smallest absolute Gasteiger partial charge is 0.525 e. The number of thioether (sulfide) groups is 1. The van der Waals surface area contributed by atoms with Crippen LogP contribution < -0.4 is 4.74 Å². The van der Waals surface area contributed by atoms with Gasteiger partial charge in [-0.3, -0.25) is 0 Å². The Morgan fingerprint density at radius 2 is 1.72 bits per heavy atom. The van der Waals surface area contributed by atoms with Crippen LogP contribution in [0.2, 0.25) is 0 Å². The SMILES string of the molecule is [CH2-]COc1ccc(-c2c(C#N)c(C)nc(SCCC(F)(F)F)c2C#N)cc1.[CH3-].[U+2]. The summed E-state index contributed by atoms with van der Waals surface area (Å²) in [6.45, 7) is 5.43. The van der Waals surface area contributed by atoms with Gasteiger partial charge in [0.15, 0.2) is 0 Å². The van der Waals surface area contributed by atoms with E-state index < -0.39 is 12.6 Å². The normalized spacial score (nSPS) is 10.2. The topological polar surface area (TPSA) is 69.7 Å². The number of hydrogen-bond acceptors (Lipinski definition) is 5. The van der Waals surface area contributed by atoms with Crippen molar-refractivity contribution in [1.82, 2.24) is 4.98 Å². The molecule has 0 bridgehead atoms. The zero-order chi connectivity index (χ0) is 20.0. The number of rotatable bonds is 6. The van der Waals surface area contributed by atoms with Crippen molar-refractivity contribution in [2.75, 3.05) is 12.4 Å². The van der Waals surface area contributed by atoms with E-state index in [2.05, 4.69) is 11.9 Å². The van der Waals surface area contributed by atoms with E-state index in [1.54, 1.807) is 31.2 Å². The zero-order valence-corrected chi connectivity index (χ0v) is 20.9. The van der Waals surface area contributed by atoms with Gasteiger partial charge in [0, 0.05) is 11.3 Å². The fourth-order valence-electron chi connectivity index (χ4n) is 2.41. The number of alkyl halides is 3. The molecule has 0 amide bonds. The maximum atomic E-state index is 12.4. The van der Waals surface area contributed by atoms with Gasteiger partial charge < -0.3 is 19.1 Å². The summed E-state index contributed by atoms with van der Waals surface area (Å²) in [6.07, 6.45) is -5.27. The van der Waals surface area contributed by atoms with Gasteiger partial charge in [-0.05, 0) is 31.2 Å². The Kier molecular flexibility index (Phi) is 11.4. The Hall–Kier alpha value is -1.66. The molecule has 29 heavy (non-hydrogen) atoms. The van der Waals surface area contributed by atoms with Crippen LogP contribution in [0.4, 0.5) is 13.2 Å². The number of hydrogen-bond donors (Lipinski definition) is 0. The van der Waals surface area contributed by atoms with Crippen LogP contribution in [0, 0.1) is 75.0 Å². The summed E-state index contributed by atoms with van der Waals surface area (Å²) >= 11 is 0.856. The van der Waals surface area contributed by atoms with Gasteiger partial charge in [-0.2, -0.15) is 23.7 Å². The number of nitriles is 2. The van der Waals surface area contributed by atoms with Crippen LogP contribution in [0.5, 0.6) is 5.75 Å². The predicted molar refractivity (Wildman–Crippen MR) is 103 cm³/mol. The first-order valence-corrected chi connectivity index (χ1v) is 8.86. The van der Waals surface area contributed by atoms with Gasteiger partial charge in [0.25, 0.3) is 0 Å². The second-order valence-corrected chi connectivity index (χ2v) is 6.52. The molecule has 0 unspecified atom stereocenters. The van der Waals surface area contributed by atoms with E-state index in [0.29, 0.717) is 22.6 Å². The summed E-state index contributed by atoms with van der Waals surface area (Å²) in [7, 11) is 0. The minimum Gasteiger partial charge on any atom is -0.525 e. The van der Waals surface area contributed by atoms with Crippen LogP contribution in [-0.2, 0) is 0 Å². The molecular formula is C20H18F3N3OSU. The average molecular weight is 643 g/mol. The van der Waals surface area contributed by atoms with E-state index in [1.165, 1.54) is 0 Å². The molecule has 9 heteroatoms. The van der Waals surface area contributed by atoms with Crippen molar-refractivity contribution >= 4 is 11.8 Å². The quantitative estimate of drug-likeness (QED) is 0.307. The number of benzene rings is 1. The Bertz CT molecular complexity index is 904. The van der Waals surface area contributed by atoms with Crippen molar-refractivity contribution in [3.8, 4) is 29.0 Å². The third kappa shape index (κ3) is 7.27. The van der Waals surface area contributed by atoms with Gasteiger partial charge in [-0.25, -0.2) is 4.98 Å². The van der Waals surface area contributed by atoms with Crippen molar-refractivity contribution < 1.29 is 49.0 Å². The van der Waals surface area contributed by atoms with E-state index in [1.807, 2.05) is 12.1 Å². The minimum absolute atomic E-state index is 0. The first-order chi connectivity index (χ1) is 12.8. The molecule has 1 aromatic heterocycles. The molecule has 0 aliphatic carbocycles. The van der Waals surface area contributed by atoms with E-state index in [4.69, 9.17) is 4.74 Å². The van der Waals surface area contributed by atoms with Gasteiger partial charge in [0.1, 0.15) is 22.9 Å². The van der Waals surface area contributed by atoms with E-state index in [-0.39, 0.29) is 67.1 Å². The fourth-order valence-corrected chi connectivity index (χ4v) is 3.43. The summed E-state index contributed by atoms with van der Waals surface area (Å²) < 4.78 is 42.6. The number of aromatic nitrogens is 1. The van der Waals surface area contributed by atoms with E-state index >= 15 is 0 Å². The summed E-state index contributed by atoms with van der Waals surface area (Å²) in [5.74, 6) is 0.322. The van der Waals surface area contributed by atoms with Crippen LogP contribution in [-0.4, -0.2) is 23.5 Å². The monoisotopic (exact) mass is 643 g/mol. The number of aryl methyl sites for hydroxylation is 1. The third-order valence-electron chi connectivity index (χ3n) is 3.60. The second-order valence-electron chi connectivity index (χ2n) is 5.44. The number of ether oxygens (including phenoxy) is 1. The predicted octanol–water partition coefficient (Wildman–Crippen LogP) is 5.51. The fraction of sp³-hybridized carbons (Fsp3) is 0.250. The molecule has 0 aliphatic heterocycles. The molecule has 0 radical (unpaired) electrons. The van der Waals surface area contributed by atoms with Crippen LogP contribution in [0.3, 0.4) is 0 Å². The van der Waals surface area contributed by atoms with Crippen LogP contribution in [0.25, 0.3) is 11.1 Å². The molecule has 0 saturated heterocycles. The summed E-state index contributed by atoms with van der Waals surface area (Å²) in [6, 6.07) is 10.8.